The minimum atomic E-state index is -0.329. The molecule has 1 atom stereocenters. The van der Waals surface area contributed by atoms with E-state index in [2.05, 4.69) is 15.6 Å². The zero-order valence-corrected chi connectivity index (χ0v) is 11.1. The van der Waals surface area contributed by atoms with Crippen LogP contribution in [0.15, 0.2) is 30.5 Å². The van der Waals surface area contributed by atoms with E-state index in [0.29, 0.717) is 13.1 Å². The molecule has 0 aliphatic rings. The van der Waals surface area contributed by atoms with E-state index in [4.69, 9.17) is 5.73 Å². The van der Waals surface area contributed by atoms with E-state index in [1.54, 1.807) is 18.3 Å². The predicted molar refractivity (Wildman–Crippen MR) is 71.4 cm³/mol. The Labute approximate surface area is 115 Å². The summed E-state index contributed by atoms with van der Waals surface area (Å²) in [6.07, 6.45) is 1.54. The fraction of sp³-hybridized carbons (Fsp3) is 0.308. The van der Waals surface area contributed by atoms with Gasteiger partial charge in [-0.1, -0.05) is 17.3 Å². The zero-order valence-electron chi connectivity index (χ0n) is 11.1. The molecule has 3 N–H and O–H groups in total. The van der Waals surface area contributed by atoms with Crippen LogP contribution in [0.25, 0.3) is 0 Å². The topological polar surface area (TPSA) is 85.8 Å². The van der Waals surface area contributed by atoms with Crippen LogP contribution in [-0.4, -0.2) is 27.4 Å². The molecule has 1 amide bonds. The van der Waals surface area contributed by atoms with Crippen molar-refractivity contribution < 1.29 is 9.18 Å². The molecular formula is C13H16FN5O. The van der Waals surface area contributed by atoms with Crippen molar-refractivity contribution in [2.75, 3.05) is 6.54 Å². The van der Waals surface area contributed by atoms with E-state index in [0.717, 1.165) is 5.56 Å². The fourth-order valence-electron chi connectivity index (χ4n) is 1.75. The highest BCUT2D eigenvalue weighted by Gasteiger charge is 2.14. The Morgan fingerprint density at radius 2 is 2.15 bits per heavy atom. The number of amides is 1. The van der Waals surface area contributed by atoms with Crippen LogP contribution in [-0.2, 0) is 6.54 Å². The van der Waals surface area contributed by atoms with Crippen LogP contribution in [0.4, 0.5) is 4.39 Å². The molecule has 6 nitrogen and oxygen atoms in total. The first-order chi connectivity index (χ1) is 9.60. The van der Waals surface area contributed by atoms with Gasteiger partial charge in [0.2, 0.25) is 0 Å². The van der Waals surface area contributed by atoms with Crippen molar-refractivity contribution in [2.45, 2.75) is 19.5 Å². The highest BCUT2D eigenvalue weighted by Crippen LogP contribution is 2.13. The molecule has 2 aromatic rings. The van der Waals surface area contributed by atoms with Gasteiger partial charge >= 0.3 is 0 Å². The van der Waals surface area contributed by atoms with Gasteiger partial charge in [-0.05, 0) is 24.6 Å². The minimum Gasteiger partial charge on any atom is -0.344 e. The van der Waals surface area contributed by atoms with E-state index in [1.807, 2.05) is 6.92 Å². The molecule has 0 aliphatic carbocycles. The lowest BCUT2D eigenvalue weighted by Crippen LogP contribution is -2.27. The maximum atomic E-state index is 12.8. The second-order valence-electron chi connectivity index (χ2n) is 4.40. The van der Waals surface area contributed by atoms with E-state index in [1.165, 1.54) is 16.8 Å². The smallest absolute Gasteiger partial charge is 0.273 e. The first kappa shape index (κ1) is 14.1. The number of halogens is 1. The van der Waals surface area contributed by atoms with Crippen molar-refractivity contribution in [2.24, 2.45) is 5.73 Å². The molecule has 0 aliphatic heterocycles. The summed E-state index contributed by atoms with van der Waals surface area (Å²) < 4.78 is 14.3. The highest BCUT2D eigenvalue weighted by molar-refractivity contribution is 5.92. The SMILES string of the molecule is CC(NC(=O)c1cn(CCN)nn1)c1ccc(F)cc1. The van der Waals surface area contributed by atoms with Gasteiger partial charge in [-0.25, -0.2) is 4.39 Å². The first-order valence-corrected chi connectivity index (χ1v) is 6.26. The van der Waals surface area contributed by atoms with Gasteiger partial charge in [0, 0.05) is 6.54 Å². The molecule has 106 valence electrons. The molecular weight excluding hydrogens is 261 g/mol. The normalized spacial score (nSPS) is 12.2. The predicted octanol–water partition coefficient (Wildman–Crippen LogP) is 0.867. The van der Waals surface area contributed by atoms with Crippen LogP contribution in [0.1, 0.15) is 29.0 Å². The van der Waals surface area contributed by atoms with Gasteiger partial charge in [0.15, 0.2) is 5.69 Å². The van der Waals surface area contributed by atoms with Crippen molar-refractivity contribution >= 4 is 5.91 Å². The molecule has 0 saturated heterocycles. The molecule has 0 spiro atoms. The van der Waals surface area contributed by atoms with Crippen LogP contribution in [0, 0.1) is 5.82 Å². The Balaban J connectivity index is 2.01. The van der Waals surface area contributed by atoms with Crippen molar-refractivity contribution in [3.63, 3.8) is 0 Å². The average molecular weight is 277 g/mol. The molecule has 0 fully saturated rings. The number of nitrogens with one attached hydrogen (secondary N) is 1. The minimum absolute atomic E-state index is 0.229. The summed E-state index contributed by atoms with van der Waals surface area (Å²) in [5.41, 5.74) is 6.44. The maximum Gasteiger partial charge on any atom is 0.273 e. The summed E-state index contributed by atoms with van der Waals surface area (Å²) in [6.45, 7) is 2.75. The lowest BCUT2D eigenvalue weighted by molar-refractivity contribution is 0.0934. The van der Waals surface area contributed by atoms with Gasteiger partial charge in [0.25, 0.3) is 5.91 Å². The molecule has 1 aromatic heterocycles. The van der Waals surface area contributed by atoms with Gasteiger partial charge in [-0.3, -0.25) is 9.48 Å². The van der Waals surface area contributed by atoms with Crippen molar-refractivity contribution in [3.8, 4) is 0 Å². The number of benzene rings is 1. The Kier molecular flexibility index (Phi) is 4.41. The molecule has 1 aromatic carbocycles. The quantitative estimate of drug-likeness (QED) is 0.849. The fourth-order valence-corrected chi connectivity index (χ4v) is 1.75. The van der Waals surface area contributed by atoms with Crippen LogP contribution in [0.5, 0.6) is 0 Å². The van der Waals surface area contributed by atoms with Gasteiger partial charge in [0.1, 0.15) is 5.82 Å². The average Bonchev–Trinajstić information content (AvgIpc) is 2.88. The van der Waals surface area contributed by atoms with Gasteiger partial charge in [-0.15, -0.1) is 5.10 Å². The number of nitrogens with zero attached hydrogens (tertiary/aromatic N) is 3. The van der Waals surface area contributed by atoms with Crippen molar-refractivity contribution in [1.82, 2.24) is 20.3 Å². The van der Waals surface area contributed by atoms with Gasteiger partial charge < -0.3 is 11.1 Å². The third-order valence-electron chi connectivity index (χ3n) is 2.85. The van der Waals surface area contributed by atoms with Gasteiger partial charge in [-0.2, -0.15) is 0 Å². The summed E-state index contributed by atoms with van der Waals surface area (Å²) in [5.74, 6) is -0.637. The Hall–Kier alpha value is -2.28. The number of hydrogen-bond acceptors (Lipinski definition) is 4. The number of carbonyl (C=O) groups is 1. The van der Waals surface area contributed by atoms with E-state index < -0.39 is 0 Å². The second kappa shape index (κ2) is 6.25. The van der Waals surface area contributed by atoms with E-state index in [-0.39, 0.29) is 23.5 Å². The van der Waals surface area contributed by atoms with E-state index in [9.17, 15) is 9.18 Å². The number of hydrogen-bond donors (Lipinski definition) is 2. The summed E-state index contributed by atoms with van der Waals surface area (Å²) in [5, 5.41) is 10.4. The van der Waals surface area contributed by atoms with Crippen molar-refractivity contribution in [3.05, 3.63) is 47.5 Å². The standard InChI is InChI=1S/C13H16FN5O/c1-9(10-2-4-11(14)5-3-10)16-13(20)12-8-19(7-6-15)18-17-12/h2-5,8-9H,6-7,15H2,1H3,(H,16,20). The monoisotopic (exact) mass is 277 g/mol. The van der Waals surface area contributed by atoms with E-state index >= 15 is 0 Å². The number of aromatic nitrogens is 3. The molecule has 1 unspecified atom stereocenters. The third-order valence-corrected chi connectivity index (χ3v) is 2.85. The molecule has 0 radical (unpaired) electrons. The Morgan fingerprint density at radius 1 is 1.45 bits per heavy atom. The number of carbonyl (C=O) groups excluding carboxylic acids is 1. The Bertz CT molecular complexity index is 581. The van der Waals surface area contributed by atoms with Crippen LogP contribution in [0.2, 0.25) is 0 Å². The molecule has 0 bridgehead atoms. The zero-order chi connectivity index (χ0) is 14.5. The van der Waals surface area contributed by atoms with Crippen LogP contribution < -0.4 is 11.1 Å². The number of rotatable bonds is 5. The summed E-state index contributed by atoms with van der Waals surface area (Å²) >= 11 is 0. The van der Waals surface area contributed by atoms with Gasteiger partial charge in [0.05, 0.1) is 18.8 Å². The lowest BCUT2D eigenvalue weighted by Gasteiger charge is -2.13. The lowest BCUT2D eigenvalue weighted by atomic mass is 10.1. The highest BCUT2D eigenvalue weighted by atomic mass is 19.1. The second-order valence-corrected chi connectivity index (χ2v) is 4.40. The molecule has 2 rings (SSSR count). The maximum absolute atomic E-state index is 12.8. The van der Waals surface area contributed by atoms with Crippen molar-refractivity contribution in [1.29, 1.82) is 0 Å². The molecule has 20 heavy (non-hydrogen) atoms. The molecule has 1 heterocycles. The van der Waals surface area contributed by atoms with Crippen LogP contribution >= 0.6 is 0 Å². The number of nitrogens with two attached hydrogens (primary N) is 1. The Morgan fingerprint density at radius 3 is 2.80 bits per heavy atom. The van der Waals surface area contributed by atoms with Crippen LogP contribution in [0.3, 0.4) is 0 Å². The summed E-state index contributed by atoms with van der Waals surface area (Å²) in [4.78, 5) is 12.0. The largest absolute Gasteiger partial charge is 0.344 e. The third kappa shape index (κ3) is 3.39. The summed E-state index contributed by atoms with van der Waals surface area (Å²) in [7, 11) is 0. The molecule has 0 saturated carbocycles. The summed E-state index contributed by atoms with van der Waals surface area (Å²) in [6, 6.07) is 5.73. The molecule has 7 heteroatoms. The first-order valence-electron chi connectivity index (χ1n) is 6.26.